The number of aromatic nitrogens is 2. The minimum atomic E-state index is -0.340. The number of nitrogens with zero attached hydrogens (tertiary/aromatic N) is 3. The first-order chi connectivity index (χ1) is 7.82. The number of rotatable bonds is 5. The zero-order chi connectivity index (χ0) is 13.2. The van der Waals surface area contributed by atoms with Crippen LogP contribution in [0.5, 0.6) is 0 Å². The van der Waals surface area contributed by atoms with Gasteiger partial charge in [-0.05, 0) is 27.7 Å². The zero-order valence-corrected chi connectivity index (χ0v) is 12.0. The Balaban J connectivity index is 2.86. The van der Waals surface area contributed by atoms with Crippen molar-refractivity contribution >= 4 is 11.6 Å². The van der Waals surface area contributed by atoms with Crippen molar-refractivity contribution in [2.45, 2.75) is 46.4 Å². The second kappa shape index (κ2) is 5.85. The van der Waals surface area contributed by atoms with Crippen LogP contribution in [0.1, 0.15) is 32.0 Å². The largest absolute Gasteiger partial charge is 0.392 e. The molecule has 1 unspecified atom stereocenters. The van der Waals surface area contributed by atoms with Gasteiger partial charge in [-0.15, -0.1) is 0 Å². The van der Waals surface area contributed by atoms with E-state index in [4.69, 9.17) is 11.6 Å². The van der Waals surface area contributed by atoms with Crippen LogP contribution in [0.15, 0.2) is 0 Å². The van der Waals surface area contributed by atoms with Crippen molar-refractivity contribution in [2.24, 2.45) is 7.05 Å². The van der Waals surface area contributed by atoms with Gasteiger partial charge in [0, 0.05) is 31.7 Å². The van der Waals surface area contributed by atoms with Crippen LogP contribution < -0.4 is 0 Å². The Morgan fingerprint density at radius 2 is 2.00 bits per heavy atom. The molecule has 0 amide bonds. The Kier molecular flexibility index (Phi) is 4.98. The molecule has 0 saturated carbocycles. The van der Waals surface area contributed by atoms with Gasteiger partial charge in [-0.2, -0.15) is 5.10 Å². The molecule has 4 nitrogen and oxygen atoms in total. The van der Waals surface area contributed by atoms with Gasteiger partial charge in [0.15, 0.2) is 0 Å². The van der Waals surface area contributed by atoms with Crippen LogP contribution in [-0.4, -0.2) is 38.5 Å². The van der Waals surface area contributed by atoms with E-state index in [0.717, 1.165) is 17.8 Å². The highest BCUT2D eigenvalue weighted by Crippen LogP contribution is 2.21. The molecule has 0 radical (unpaired) electrons. The summed E-state index contributed by atoms with van der Waals surface area (Å²) in [5.41, 5.74) is 2.00. The third kappa shape index (κ3) is 3.69. The van der Waals surface area contributed by atoms with Gasteiger partial charge in [0.05, 0.1) is 11.8 Å². The summed E-state index contributed by atoms with van der Waals surface area (Å²) in [6.07, 6.45) is -0.340. The minimum absolute atomic E-state index is 0.340. The lowest BCUT2D eigenvalue weighted by Crippen LogP contribution is -2.36. The van der Waals surface area contributed by atoms with Gasteiger partial charge in [0.1, 0.15) is 5.15 Å². The highest BCUT2D eigenvalue weighted by Gasteiger charge is 2.18. The van der Waals surface area contributed by atoms with Gasteiger partial charge in [-0.3, -0.25) is 9.58 Å². The molecule has 1 heterocycles. The molecular weight excluding hydrogens is 238 g/mol. The van der Waals surface area contributed by atoms with E-state index in [9.17, 15) is 5.11 Å². The van der Waals surface area contributed by atoms with E-state index < -0.39 is 0 Å². The normalized spacial score (nSPS) is 13.7. The van der Waals surface area contributed by atoms with Crippen molar-refractivity contribution in [3.8, 4) is 0 Å². The lowest BCUT2D eigenvalue weighted by Gasteiger charge is -2.27. The van der Waals surface area contributed by atoms with Crippen molar-refractivity contribution in [3.63, 3.8) is 0 Å². The Bertz CT molecular complexity index is 374. The molecule has 5 heteroatoms. The average Bonchev–Trinajstić information content (AvgIpc) is 2.43. The van der Waals surface area contributed by atoms with Crippen molar-refractivity contribution in [3.05, 3.63) is 16.4 Å². The molecule has 1 aromatic rings. The molecule has 17 heavy (non-hydrogen) atoms. The van der Waals surface area contributed by atoms with E-state index in [0.29, 0.717) is 17.7 Å². The molecule has 0 fully saturated rings. The van der Waals surface area contributed by atoms with Gasteiger partial charge in [0.25, 0.3) is 0 Å². The third-order valence-corrected chi connectivity index (χ3v) is 3.33. The molecule has 0 aromatic carbocycles. The van der Waals surface area contributed by atoms with E-state index in [2.05, 4.69) is 23.8 Å². The lowest BCUT2D eigenvalue weighted by atomic mass is 10.2. The number of aliphatic hydroxyl groups excluding tert-OH is 1. The number of hydrogen-bond acceptors (Lipinski definition) is 3. The van der Waals surface area contributed by atoms with Crippen LogP contribution in [0.25, 0.3) is 0 Å². The van der Waals surface area contributed by atoms with Crippen LogP contribution in [0.3, 0.4) is 0 Å². The first-order valence-corrected chi connectivity index (χ1v) is 6.30. The quantitative estimate of drug-likeness (QED) is 0.879. The third-order valence-electron chi connectivity index (χ3n) is 2.86. The number of hydrogen-bond donors (Lipinski definition) is 1. The molecule has 0 saturated heterocycles. The smallest absolute Gasteiger partial charge is 0.131 e. The summed E-state index contributed by atoms with van der Waals surface area (Å²) in [5, 5.41) is 14.5. The van der Waals surface area contributed by atoms with Crippen LogP contribution in [0.2, 0.25) is 5.15 Å². The second-order valence-electron chi connectivity index (χ2n) is 4.85. The minimum Gasteiger partial charge on any atom is -0.392 e. The number of halogens is 1. The predicted octanol–water partition coefficient (Wildman–Crippen LogP) is 1.97. The monoisotopic (exact) mass is 259 g/mol. The maximum Gasteiger partial charge on any atom is 0.131 e. The topological polar surface area (TPSA) is 41.3 Å². The fourth-order valence-corrected chi connectivity index (χ4v) is 2.09. The lowest BCUT2D eigenvalue weighted by molar-refractivity contribution is 0.103. The number of aryl methyl sites for hydroxylation is 2. The summed E-state index contributed by atoms with van der Waals surface area (Å²) in [7, 11) is 1.84. The van der Waals surface area contributed by atoms with Gasteiger partial charge < -0.3 is 5.11 Å². The summed E-state index contributed by atoms with van der Waals surface area (Å²) in [5.74, 6) is 0. The molecule has 0 aliphatic rings. The first kappa shape index (κ1) is 14.5. The van der Waals surface area contributed by atoms with Crippen molar-refractivity contribution in [1.29, 1.82) is 0 Å². The van der Waals surface area contributed by atoms with Gasteiger partial charge >= 0.3 is 0 Å². The van der Waals surface area contributed by atoms with Crippen LogP contribution in [-0.2, 0) is 13.6 Å². The molecule has 0 aliphatic heterocycles. The van der Waals surface area contributed by atoms with Gasteiger partial charge in [-0.25, -0.2) is 0 Å². The van der Waals surface area contributed by atoms with Crippen molar-refractivity contribution < 1.29 is 5.11 Å². The highest BCUT2D eigenvalue weighted by atomic mass is 35.5. The van der Waals surface area contributed by atoms with Crippen LogP contribution >= 0.6 is 11.6 Å². The summed E-state index contributed by atoms with van der Waals surface area (Å²) in [6.45, 7) is 9.35. The van der Waals surface area contributed by atoms with E-state index >= 15 is 0 Å². The van der Waals surface area contributed by atoms with Gasteiger partial charge in [-0.1, -0.05) is 11.6 Å². The Labute approximate surface area is 108 Å². The molecule has 1 atom stereocenters. The molecule has 98 valence electrons. The summed E-state index contributed by atoms with van der Waals surface area (Å²) in [6, 6.07) is 0.361. The van der Waals surface area contributed by atoms with E-state index in [1.165, 1.54) is 0 Å². The average molecular weight is 260 g/mol. The van der Waals surface area contributed by atoms with E-state index in [1.54, 1.807) is 11.6 Å². The van der Waals surface area contributed by atoms with Crippen molar-refractivity contribution in [2.75, 3.05) is 6.54 Å². The fraction of sp³-hybridized carbons (Fsp3) is 0.750. The molecule has 1 N–H and O–H groups in total. The summed E-state index contributed by atoms with van der Waals surface area (Å²) < 4.78 is 1.69. The predicted molar refractivity (Wildman–Crippen MR) is 70.2 cm³/mol. The Morgan fingerprint density at radius 1 is 1.41 bits per heavy atom. The molecule has 0 aliphatic carbocycles. The zero-order valence-electron chi connectivity index (χ0n) is 11.2. The SMILES string of the molecule is Cc1nn(C)c(Cl)c1CN(CC(C)O)C(C)C. The molecular formula is C12H22ClN3O. The standard InChI is InChI=1S/C12H22ClN3O/c1-8(2)16(6-9(3)17)7-11-10(4)14-15(5)12(11)13/h8-9,17H,6-7H2,1-5H3. The van der Waals surface area contributed by atoms with Crippen LogP contribution in [0, 0.1) is 6.92 Å². The molecule has 0 bridgehead atoms. The number of aliphatic hydroxyl groups is 1. The van der Waals surface area contributed by atoms with E-state index in [1.807, 2.05) is 14.0 Å². The first-order valence-electron chi connectivity index (χ1n) is 5.93. The van der Waals surface area contributed by atoms with Crippen molar-refractivity contribution in [1.82, 2.24) is 14.7 Å². The summed E-state index contributed by atoms with van der Waals surface area (Å²) in [4.78, 5) is 2.19. The molecule has 0 spiro atoms. The molecule has 1 rings (SSSR count). The maximum atomic E-state index is 9.50. The maximum absolute atomic E-state index is 9.50. The molecule has 1 aromatic heterocycles. The second-order valence-corrected chi connectivity index (χ2v) is 5.21. The van der Waals surface area contributed by atoms with E-state index in [-0.39, 0.29) is 6.10 Å². The fourth-order valence-electron chi connectivity index (χ4n) is 1.85. The highest BCUT2D eigenvalue weighted by molar-refractivity contribution is 6.30. The Morgan fingerprint density at radius 3 is 2.35 bits per heavy atom. The Hall–Kier alpha value is -0.580. The van der Waals surface area contributed by atoms with Gasteiger partial charge in [0.2, 0.25) is 0 Å². The summed E-state index contributed by atoms with van der Waals surface area (Å²) >= 11 is 6.21. The van der Waals surface area contributed by atoms with Crippen LogP contribution in [0.4, 0.5) is 0 Å².